The molecule has 1 unspecified atom stereocenters. The van der Waals surface area contributed by atoms with Crippen LogP contribution >= 0.6 is 0 Å². The maximum Gasteiger partial charge on any atom is 0.239 e. The highest BCUT2D eigenvalue weighted by Crippen LogP contribution is 2.14. The lowest BCUT2D eigenvalue weighted by Crippen LogP contribution is -2.18. The first-order valence-corrected chi connectivity index (χ1v) is 6.36. The van der Waals surface area contributed by atoms with Gasteiger partial charge < -0.3 is 10.4 Å². The molecule has 0 aliphatic heterocycles. The van der Waals surface area contributed by atoms with Crippen LogP contribution < -0.4 is 16.6 Å². The maximum absolute atomic E-state index is 9.01. The number of anilines is 2. The summed E-state index contributed by atoms with van der Waals surface area (Å²) in [5.41, 5.74) is 3.30. The predicted octanol–water partition coefficient (Wildman–Crippen LogP) is 1.28. The van der Waals surface area contributed by atoms with Crippen molar-refractivity contribution in [3.8, 4) is 0 Å². The summed E-state index contributed by atoms with van der Waals surface area (Å²) in [5.74, 6) is 6.93. The average Bonchev–Trinajstić information content (AvgIpc) is 2.36. The Hall–Kier alpha value is -1.40. The third kappa shape index (κ3) is 4.85. The van der Waals surface area contributed by atoms with Gasteiger partial charge >= 0.3 is 0 Å². The van der Waals surface area contributed by atoms with Gasteiger partial charge in [-0.15, -0.1) is 0 Å². The van der Waals surface area contributed by atoms with Gasteiger partial charge in [-0.2, -0.15) is 4.98 Å². The summed E-state index contributed by atoms with van der Waals surface area (Å²) in [6, 6.07) is 1.88. The van der Waals surface area contributed by atoms with Gasteiger partial charge in [0.25, 0.3) is 0 Å². The number of nitrogen functional groups attached to an aromatic ring is 1. The normalized spacial score (nSPS) is 12.2. The van der Waals surface area contributed by atoms with Crippen molar-refractivity contribution in [3.05, 3.63) is 11.8 Å². The molecule has 0 spiro atoms. The molecule has 6 nitrogen and oxygen atoms in total. The van der Waals surface area contributed by atoms with Gasteiger partial charge in [-0.1, -0.05) is 13.3 Å². The fourth-order valence-electron chi connectivity index (χ4n) is 1.91. The number of hydrogen-bond donors (Lipinski definition) is 4. The Bertz CT molecular complexity index is 352. The highest BCUT2D eigenvalue weighted by molar-refractivity contribution is 5.41. The summed E-state index contributed by atoms with van der Waals surface area (Å²) in [6.45, 7) is 5.07. The van der Waals surface area contributed by atoms with Crippen LogP contribution in [0.25, 0.3) is 0 Å². The molecular weight excluding hydrogens is 230 g/mol. The fourth-order valence-corrected chi connectivity index (χ4v) is 1.91. The number of aromatic nitrogens is 2. The lowest BCUT2D eigenvalue weighted by Gasteiger charge is -2.16. The van der Waals surface area contributed by atoms with Crippen molar-refractivity contribution in [2.24, 2.45) is 11.8 Å². The third-order valence-corrected chi connectivity index (χ3v) is 2.79. The van der Waals surface area contributed by atoms with E-state index >= 15 is 0 Å². The molecule has 0 aliphatic carbocycles. The van der Waals surface area contributed by atoms with E-state index in [0.717, 1.165) is 37.3 Å². The molecule has 0 bridgehead atoms. The zero-order chi connectivity index (χ0) is 13.4. The lowest BCUT2D eigenvalue weighted by molar-refractivity contribution is 0.255. The van der Waals surface area contributed by atoms with Crippen LogP contribution in [0.2, 0.25) is 0 Å². The summed E-state index contributed by atoms with van der Waals surface area (Å²) in [5, 5.41) is 12.3. The molecule has 0 saturated heterocycles. The molecule has 6 heteroatoms. The van der Waals surface area contributed by atoms with E-state index in [1.54, 1.807) is 0 Å². The largest absolute Gasteiger partial charge is 0.396 e. The first-order chi connectivity index (χ1) is 8.69. The van der Waals surface area contributed by atoms with Gasteiger partial charge in [-0.25, -0.2) is 10.8 Å². The van der Waals surface area contributed by atoms with E-state index in [-0.39, 0.29) is 6.61 Å². The van der Waals surface area contributed by atoms with Crippen LogP contribution in [0.3, 0.4) is 0 Å². The summed E-state index contributed by atoms with van der Waals surface area (Å²) < 4.78 is 0. The van der Waals surface area contributed by atoms with Gasteiger partial charge in [0.2, 0.25) is 5.95 Å². The monoisotopic (exact) mass is 253 g/mol. The smallest absolute Gasteiger partial charge is 0.239 e. The zero-order valence-electron chi connectivity index (χ0n) is 11.1. The van der Waals surface area contributed by atoms with Gasteiger partial charge in [0.1, 0.15) is 5.82 Å². The highest BCUT2D eigenvalue weighted by atomic mass is 16.3. The number of nitrogens with two attached hydrogens (primary N) is 1. The van der Waals surface area contributed by atoms with Crippen molar-refractivity contribution in [2.75, 3.05) is 23.9 Å². The van der Waals surface area contributed by atoms with Crippen LogP contribution in [0.4, 0.5) is 11.8 Å². The zero-order valence-corrected chi connectivity index (χ0v) is 11.1. The molecule has 0 aromatic carbocycles. The quantitative estimate of drug-likeness (QED) is 0.412. The second-order valence-electron chi connectivity index (χ2n) is 4.41. The van der Waals surface area contributed by atoms with Crippen LogP contribution in [0, 0.1) is 12.8 Å². The van der Waals surface area contributed by atoms with E-state index < -0.39 is 0 Å². The van der Waals surface area contributed by atoms with Gasteiger partial charge in [-0.3, -0.25) is 5.43 Å². The molecule has 5 N–H and O–H groups in total. The van der Waals surface area contributed by atoms with E-state index in [2.05, 4.69) is 27.6 Å². The van der Waals surface area contributed by atoms with E-state index in [0.29, 0.717) is 11.9 Å². The second-order valence-corrected chi connectivity index (χ2v) is 4.41. The van der Waals surface area contributed by atoms with Crippen LogP contribution in [0.1, 0.15) is 31.9 Å². The van der Waals surface area contributed by atoms with E-state index in [1.807, 2.05) is 13.0 Å². The van der Waals surface area contributed by atoms with Crippen molar-refractivity contribution in [1.82, 2.24) is 9.97 Å². The number of aliphatic hydroxyl groups excluding tert-OH is 1. The Morgan fingerprint density at radius 2 is 2.17 bits per heavy atom. The van der Waals surface area contributed by atoms with E-state index in [1.165, 1.54) is 0 Å². The van der Waals surface area contributed by atoms with Gasteiger partial charge in [0.05, 0.1) is 0 Å². The van der Waals surface area contributed by atoms with Crippen LogP contribution in [-0.2, 0) is 0 Å². The number of hydrazine groups is 1. The fraction of sp³-hybridized carbons (Fsp3) is 0.667. The molecule has 0 aliphatic rings. The Balaban J connectivity index is 2.57. The van der Waals surface area contributed by atoms with Crippen molar-refractivity contribution in [2.45, 2.75) is 33.1 Å². The van der Waals surface area contributed by atoms with Crippen molar-refractivity contribution >= 4 is 11.8 Å². The molecule has 0 fully saturated rings. The topological polar surface area (TPSA) is 96.1 Å². The Labute approximate surface area is 108 Å². The SMILES string of the molecule is CCCC(CCO)CNc1cc(C)nc(NN)n1. The second kappa shape index (κ2) is 7.84. The number of nitrogens with one attached hydrogen (secondary N) is 2. The minimum absolute atomic E-state index is 0.227. The van der Waals surface area contributed by atoms with Gasteiger partial charge in [0, 0.05) is 24.9 Å². The van der Waals surface area contributed by atoms with E-state index in [4.69, 9.17) is 10.9 Å². The molecule has 1 aromatic heterocycles. The lowest BCUT2D eigenvalue weighted by atomic mass is 10.0. The van der Waals surface area contributed by atoms with Gasteiger partial charge in [0.15, 0.2) is 0 Å². The number of aryl methyl sites for hydroxylation is 1. The standard InChI is InChI=1S/C12H23N5O/c1-3-4-10(5-6-18)8-14-11-7-9(2)15-12(16-11)17-13/h7,10,18H,3-6,8,13H2,1-2H3,(H2,14,15,16,17). The Morgan fingerprint density at radius 3 is 2.78 bits per heavy atom. The first-order valence-electron chi connectivity index (χ1n) is 6.36. The molecule has 18 heavy (non-hydrogen) atoms. The number of aliphatic hydroxyl groups is 1. The van der Waals surface area contributed by atoms with Crippen LogP contribution in [0.15, 0.2) is 6.07 Å². The first kappa shape index (κ1) is 14.7. The molecule has 1 rings (SSSR count). The molecule has 1 aromatic rings. The Kier molecular flexibility index (Phi) is 6.38. The molecule has 0 saturated carbocycles. The number of nitrogens with zero attached hydrogens (tertiary/aromatic N) is 2. The summed E-state index contributed by atoms with van der Waals surface area (Å²) in [4.78, 5) is 8.35. The molecule has 102 valence electrons. The van der Waals surface area contributed by atoms with Crippen LogP contribution in [0.5, 0.6) is 0 Å². The number of hydrogen-bond acceptors (Lipinski definition) is 6. The molecule has 1 atom stereocenters. The molecule has 1 heterocycles. The Morgan fingerprint density at radius 1 is 1.39 bits per heavy atom. The summed E-state index contributed by atoms with van der Waals surface area (Å²) >= 11 is 0. The summed E-state index contributed by atoms with van der Waals surface area (Å²) in [7, 11) is 0. The van der Waals surface area contributed by atoms with E-state index in [9.17, 15) is 0 Å². The average molecular weight is 253 g/mol. The summed E-state index contributed by atoms with van der Waals surface area (Å²) in [6.07, 6.45) is 3.03. The molecule has 0 radical (unpaired) electrons. The van der Waals surface area contributed by atoms with Crippen molar-refractivity contribution in [3.63, 3.8) is 0 Å². The van der Waals surface area contributed by atoms with Crippen molar-refractivity contribution < 1.29 is 5.11 Å². The van der Waals surface area contributed by atoms with Gasteiger partial charge in [-0.05, 0) is 25.7 Å². The predicted molar refractivity (Wildman–Crippen MR) is 73.2 cm³/mol. The minimum atomic E-state index is 0.227. The third-order valence-electron chi connectivity index (χ3n) is 2.79. The highest BCUT2D eigenvalue weighted by Gasteiger charge is 2.08. The van der Waals surface area contributed by atoms with Crippen LogP contribution in [-0.4, -0.2) is 28.2 Å². The van der Waals surface area contributed by atoms with Crippen molar-refractivity contribution in [1.29, 1.82) is 0 Å². The molecule has 0 amide bonds. The number of rotatable bonds is 8. The molecular formula is C12H23N5O. The maximum atomic E-state index is 9.01. The minimum Gasteiger partial charge on any atom is -0.396 e.